The number of amides is 1. The third-order valence-corrected chi connectivity index (χ3v) is 5.37. The number of rotatable bonds is 7. The van der Waals surface area contributed by atoms with Crippen molar-refractivity contribution >= 4 is 29.4 Å². The average molecular weight is 299 g/mol. The number of β-lactam (4-membered cyclic amide) rings is 1. The van der Waals surface area contributed by atoms with Crippen LogP contribution < -0.4 is 0 Å². The first kappa shape index (κ1) is 15.4. The van der Waals surface area contributed by atoms with Gasteiger partial charge in [-0.3, -0.25) is 14.4 Å². The summed E-state index contributed by atoms with van der Waals surface area (Å²) >= 11 is 1.39. The maximum atomic E-state index is 12.1. The summed E-state index contributed by atoms with van der Waals surface area (Å²) in [4.78, 5) is 37.2. The minimum atomic E-state index is -0.531. The van der Waals surface area contributed by atoms with Crippen LogP contribution in [0.15, 0.2) is 0 Å². The smallest absolute Gasteiger partial charge is 0.320 e. The lowest BCUT2D eigenvalue weighted by Gasteiger charge is -2.40. The highest BCUT2D eigenvalue weighted by atomic mass is 32.2. The van der Waals surface area contributed by atoms with Crippen LogP contribution in [0.5, 0.6) is 0 Å². The molecule has 2 fully saturated rings. The van der Waals surface area contributed by atoms with Gasteiger partial charge in [-0.25, -0.2) is 0 Å². The van der Waals surface area contributed by atoms with Crippen molar-refractivity contribution in [2.45, 2.75) is 49.7 Å². The minimum absolute atomic E-state index is 0.0327. The average Bonchev–Trinajstić information content (AvgIpc) is 2.82. The third kappa shape index (κ3) is 2.85. The van der Waals surface area contributed by atoms with E-state index < -0.39 is 5.92 Å². The molecule has 0 aromatic carbocycles. The molecule has 3 atom stereocenters. The highest BCUT2D eigenvalue weighted by Gasteiger charge is 2.57. The monoisotopic (exact) mass is 299 g/mol. The van der Waals surface area contributed by atoms with Crippen molar-refractivity contribution in [3.63, 3.8) is 0 Å². The van der Waals surface area contributed by atoms with E-state index in [1.165, 1.54) is 18.9 Å². The summed E-state index contributed by atoms with van der Waals surface area (Å²) in [6.45, 7) is 2.50. The molecule has 0 radical (unpaired) electrons. The number of Topliss-reactive ketones (excluding diaryl/α,β-unsaturated/α-hetero) is 1. The molecule has 2 aliphatic heterocycles. The van der Waals surface area contributed by atoms with E-state index in [0.29, 0.717) is 13.0 Å². The summed E-state index contributed by atoms with van der Waals surface area (Å²) in [5.74, 6) is -0.928. The van der Waals surface area contributed by atoms with Crippen molar-refractivity contribution in [1.29, 1.82) is 0 Å². The second-order valence-corrected chi connectivity index (χ2v) is 6.61. The van der Waals surface area contributed by atoms with Gasteiger partial charge < -0.3 is 9.64 Å². The molecule has 0 aromatic heterocycles. The molecule has 5 nitrogen and oxygen atoms in total. The van der Waals surface area contributed by atoms with E-state index in [0.717, 1.165) is 25.7 Å². The number of ether oxygens (including phenoxy) is 1. The number of fused-ring (bicyclic) bond motifs is 1. The number of esters is 1. The number of carbonyl (C=O) groups excluding carboxylic acids is 3. The highest BCUT2D eigenvalue weighted by Crippen LogP contribution is 2.44. The quantitative estimate of drug-likeness (QED) is 0.309. The largest absolute Gasteiger partial charge is 0.468 e. The van der Waals surface area contributed by atoms with Gasteiger partial charge in [-0.1, -0.05) is 26.2 Å². The topological polar surface area (TPSA) is 63.7 Å². The predicted molar refractivity (Wildman–Crippen MR) is 76.2 cm³/mol. The first-order valence-electron chi connectivity index (χ1n) is 7.16. The van der Waals surface area contributed by atoms with E-state index in [4.69, 9.17) is 4.74 Å². The maximum absolute atomic E-state index is 12.1. The Kier molecular flexibility index (Phi) is 5.07. The Morgan fingerprint density at radius 1 is 1.35 bits per heavy atom. The van der Waals surface area contributed by atoms with Crippen LogP contribution in [-0.4, -0.2) is 46.8 Å². The molecule has 0 aromatic rings. The van der Waals surface area contributed by atoms with E-state index in [-0.39, 0.29) is 28.3 Å². The van der Waals surface area contributed by atoms with Crippen LogP contribution in [0.2, 0.25) is 0 Å². The van der Waals surface area contributed by atoms with E-state index in [9.17, 15) is 14.4 Å². The highest BCUT2D eigenvalue weighted by molar-refractivity contribution is 8.01. The lowest BCUT2D eigenvalue weighted by Crippen LogP contribution is -2.59. The maximum Gasteiger partial charge on any atom is 0.320 e. The number of nitrogens with zero attached hydrogens (tertiary/aromatic N) is 1. The van der Waals surface area contributed by atoms with Crippen molar-refractivity contribution in [2.24, 2.45) is 5.92 Å². The van der Waals surface area contributed by atoms with Gasteiger partial charge in [-0.2, -0.15) is 0 Å². The van der Waals surface area contributed by atoms with Gasteiger partial charge in [-0.15, -0.1) is 11.8 Å². The van der Waals surface area contributed by atoms with Gasteiger partial charge in [0.25, 0.3) is 0 Å². The van der Waals surface area contributed by atoms with Crippen molar-refractivity contribution in [3.05, 3.63) is 0 Å². The molecule has 0 N–H and O–H groups in total. The first-order valence-corrected chi connectivity index (χ1v) is 8.11. The van der Waals surface area contributed by atoms with Crippen LogP contribution in [0.3, 0.4) is 0 Å². The molecular weight excluding hydrogens is 278 g/mol. The van der Waals surface area contributed by atoms with E-state index >= 15 is 0 Å². The first-order chi connectivity index (χ1) is 9.60. The number of methoxy groups -OCH3 is 1. The molecule has 0 bridgehead atoms. The number of hydrogen-bond acceptors (Lipinski definition) is 5. The molecule has 2 rings (SSSR count). The van der Waals surface area contributed by atoms with Gasteiger partial charge in [0.2, 0.25) is 5.91 Å². The van der Waals surface area contributed by atoms with Crippen LogP contribution in [0, 0.1) is 5.92 Å². The molecule has 6 heteroatoms. The normalized spacial score (nSPS) is 28.0. The fraction of sp³-hybridized carbons (Fsp3) is 0.786. The number of hydrogen-bond donors (Lipinski definition) is 0. The minimum Gasteiger partial charge on any atom is -0.468 e. The summed E-state index contributed by atoms with van der Waals surface area (Å²) in [6.07, 6.45) is 4.62. The van der Waals surface area contributed by atoms with Gasteiger partial charge in [0.1, 0.15) is 17.0 Å². The van der Waals surface area contributed by atoms with Crippen LogP contribution in [0.1, 0.15) is 39.0 Å². The van der Waals surface area contributed by atoms with Gasteiger partial charge in [-0.05, 0) is 6.42 Å². The predicted octanol–water partition coefficient (Wildman–Crippen LogP) is 1.60. The SMILES string of the molecule is CCCCCCC(=O)[C@H]1C(=O)N2C[C@@H](C(=O)OC)S[C@H]12. The zero-order valence-corrected chi connectivity index (χ0v) is 12.8. The summed E-state index contributed by atoms with van der Waals surface area (Å²) in [7, 11) is 1.34. The lowest BCUT2D eigenvalue weighted by molar-refractivity contribution is -0.155. The summed E-state index contributed by atoms with van der Waals surface area (Å²) in [6, 6.07) is 0. The zero-order chi connectivity index (χ0) is 14.7. The number of thioether (sulfide) groups is 1. The summed E-state index contributed by atoms with van der Waals surface area (Å²) in [5, 5.41) is -0.489. The molecule has 2 saturated heterocycles. The molecule has 2 aliphatic rings. The molecule has 20 heavy (non-hydrogen) atoms. The van der Waals surface area contributed by atoms with Crippen LogP contribution in [0.4, 0.5) is 0 Å². The van der Waals surface area contributed by atoms with Crippen LogP contribution in [0.25, 0.3) is 0 Å². The molecule has 0 aliphatic carbocycles. The second-order valence-electron chi connectivity index (χ2n) is 5.28. The Labute approximate surface area is 123 Å². The molecule has 0 unspecified atom stereocenters. The molecular formula is C14H21NO4S. The molecule has 0 spiro atoms. The molecule has 112 valence electrons. The Hall–Kier alpha value is -1.04. The van der Waals surface area contributed by atoms with Crippen molar-refractivity contribution < 1.29 is 19.1 Å². The standard InChI is InChI=1S/C14H21NO4S/c1-3-4-5-6-7-9(16)11-12(17)15-8-10(14(18)19-2)20-13(11)15/h10-11,13H,3-8H2,1-2H3/t10-,11-,13+/m0/s1. The fourth-order valence-corrected chi connectivity index (χ4v) is 4.25. The molecule has 0 saturated carbocycles. The van der Waals surface area contributed by atoms with Gasteiger partial charge in [0, 0.05) is 13.0 Å². The number of ketones is 1. The van der Waals surface area contributed by atoms with Gasteiger partial charge in [0.05, 0.1) is 12.5 Å². The van der Waals surface area contributed by atoms with Crippen molar-refractivity contribution in [1.82, 2.24) is 4.90 Å². The lowest BCUT2D eigenvalue weighted by atomic mass is 9.90. The third-order valence-electron chi connectivity index (χ3n) is 3.90. The van der Waals surface area contributed by atoms with E-state index in [2.05, 4.69) is 6.92 Å². The molecule has 1 amide bonds. The second kappa shape index (κ2) is 6.61. The Balaban J connectivity index is 1.84. The van der Waals surface area contributed by atoms with Crippen molar-refractivity contribution in [3.8, 4) is 0 Å². The Morgan fingerprint density at radius 3 is 2.75 bits per heavy atom. The van der Waals surface area contributed by atoms with Gasteiger partial charge >= 0.3 is 5.97 Å². The number of unbranched alkanes of at least 4 members (excludes halogenated alkanes) is 3. The fourth-order valence-electron chi connectivity index (χ4n) is 2.70. The Morgan fingerprint density at radius 2 is 2.10 bits per heavy atom. The van der Waals surface area contributed by atoms with E-state index in [1.54, 1.807) is 4.90 Å². The summed E-state index contributed by atoms with van der Waals surface area (Å²) < 4.78 is 4.70. The van der Waals surface area contributed by atoms with Crippen molar-refractivity contribution in [2.75, 3.05) is 13.7 Å². The summed E-state index contributed by atoms with van der Waals surface area (Å²) in [5.41, 5.74) is 0. The zero-order valence-electron chi connectivity index (χ0n) is 12.0. The van der Waals surface area contributed by atoms with Gasteiger partial charge in [0.15, 0.2) is 0 Å². The van der Waals surface area contributed by atoms with E-state index in [1.807, 2.05) is 0 Å². The molecule has 2 heterocycles. The van der Waals surface area contributed by atoms with Crippen LogP contribution in [-0.2, 0) is 19.1 Å². The number of carbonyl (C=O) groups is 3. The van der Waals surface area contributed by atoms with Crippen LogP contribution >= 0.6 is 11.8 Å². The Bertz CT molecular complexity index is 412.